The molecule has 0 unspecified atom stereocenters. The lowest BCUT2D eigenvalue weighted by atomic mass is 10.0. The number of benzene rings is 1. The Morgan fingerprint density at radius 2 is 2.11 bits per heavy atom. The lowest BCUT2D eigenvalue weighted by Crippen LogP contribution is -2.30. The van der Waals surface area contributed by atoms with Crippen LogP contribution >= 0.6 is 23.2 Å². The summed E-state index contributed by atoms with van der Waals surface area (Å²) in [5.41, 5.74) is 0.485. The highest BCUT2D eigenvalue weighted by molar-refractivity contribution is 6.35. The van der Waals surface area contributed by atoms with Gasteiger partial charge in [-0.15, -0.1) is 0 Å². The SMILES string of the molecule is O=C(NCC1(CCO)CC1)c1cc(Cl)ccc1Cl. The molecule has 0 atom stereocenters. The summed E-state index contributed by atoms with van der Waals surface area (Å²) in [7, 11) is 0. The van der Waals surface area contributed by atoms with Gasteiger partial charge in [0.2, 0.25) is 0 Å². The molecule has 18 heavy (non-hydrogen) atoms. The second-order valence-corrected chi connectivity index (χ2v) is 5.62. The van der Waals surface area contributed by atoms with Crippen LogP contribution < -0.4 is 5.32 Å². The molecule has 0 saturated heterocycles. The molecule has 1 aromatic carbocycles. The summed E-state index contributed by atoms with van der Waals surface area (Å²) in [6.45, 7) is 0.739. The van der Waals surface area contributed by atoms with Gasteiger partial charge in [-0.3, -0.25) is 4.79 Å². The van der Waals surface area contributed by atoms with Crippen LogP contribution in [0.2, 0.25) is 10.0 Å². The Labute approximate surface area is 116 Å². The van der Waals surface area contributed by atoms with Crippen LogP contribution in [0.25, 0.3) is 0 Å². The number of halogens is 2. The summed E-state index contributed by atoms with van der Waals surface area (Å²) in [5.74, 6) is -0.216. The van der Waals surface area contributed by atoms with Crippen molar-refractivity contribution in [3.63, 3.8) is 0 Å². The van der Waals surface area contributed by atoms with Crippen molar-refractivity contribution in [1.82, 2.24) is 5.32 Å². The minimum Gasteiger partial charge on any atom is -0.396 e. The van der Waals surface area contributed by atoms with Gasteiger partial charge in [0.1, 0.15) is 0 Å². The van der Waals surface area contributed by atoms with Gasteiger partial charge < -0.3 is 10.4 Å². The maximum absolute atomic E-state index is 12.0. The first-order valence-corrected chi connectivity index (χ1v) is 6.66. The molecule has 0 bridgehead atoms. The Morgan fingerprint density at radius 1 is 1.39 bits per heavy atom. The first-order valence-electron chi connectivity index (χ1n) is 5.90. The Kier molecular flexibility index (Phi) is 4.15. The summed E-state index contributed by atoms with van der Waals surface area (Å²) in [5, 5.41) is 12.7. The van der Waals surface area contributed by atoms with E-state index in [0.29, 0.717) is 22.2 Å². The Morgan fingerprint density at radius 3 is 2.72 bits per heavy atom. The molecular formula is C13H15Cl2NO2. The number of hydrogen-bond donors (Lipinski definition) is 2. The Bertz CT molecular complexity index is 458. The van der Waals surface area contributed by atoms with Crippen LogP contribution in [0.4, 0.5) is 0 Å². The van der Waals surface area contributed by atoms with Crippen LogP contribution in [0.1, 0.15) is 29.6 Å². The normalized spacial score (nSPS) is 16.4. The van der Waals surface area contributed by atoms with Gasteiger partial charge in [-0.2, -0.15) is 0 Å². The van der Waals surface area contributed by atoms with Crippen molar-refractivity contribution >= 4 is 29.1 Å². The van der Waals surface area contributed by atoms with Gasteiger partial charge >= 0.3 is 0 Å². The van der Waals surface area contributed by atoms with Crippen molar-refractivity contribution in [3.05, 3.63) is 33.8 Å². The third-order valence-electron chi connectivity index (χ3n) is 3.40. The predicted molar refractivity (Wildman–Crippen MR) is 72.2 cm³/mol. The number of nitrogens with one attached hydrogen (secondary N) is 1. The summed E-state index contributed by atoms with van der Waals surface area (Å²) in [6, 6.07) is 4.82. The van der Waals surface area contributed by atoms with Crippen molar-refractivity contribution in [2.45, 2.75) is 19.3 Å². The number of carbonyl (C=O) groups excluding carboxylic acids is 1. The number of carbonyl (C=O) groups is 1. The maximum atomic E-state index is 12.0. The fraction of sp³-hybridized carbons (Fsp3) is 0.462. The number of amides is 1. The maximum Gasteiger partial charge on any atom is 0.252 e. The van der Waals surface area contributed by atoms with E-state index < -0.39 is 0 Å². The number of aliphatic hydroxyl groups excluding tert-OH is 1. The molecule has 3 nitrogen and oxygen atoms in total. The van der Waals surface area contributed by atoms with Gasteiger partial charge in [0.15, 0.2) is 0 Å². The summed E-state index contributed by atoms with van der Waals surface area (Å²) >= 11 is 11.8. The molecule has 1 aliphatic rings. The molecule has 1 aliphatic carbocycles. The fourth-order valence-corrected chi connectivity index (χ4v) is 2.34. The first-order chi connectivity index (χ1) is 8.56. The van der Waals surface area contributed by atoms with Gasteiger partial charge in [-0.25, -0.2) is 0 Å². The van der Waals surface area contributed by atoms with Gasteiger partial charge in [-0.1, -0.05) is 23.2 Å². The number of hydrogen-bond acceptors (Lipinski definition) is 2. The molecule has 0 aromatic heterocycles. The van der Waals surface area contributed by atoms with Crippen molar-refractivity contribution in [3.8, 4) is 0 Å². The third-order valence-corrected chi connectivity index (χ3v) is 3.96. The van der Waals surface area contributed by atoms with Gasteiger partial charge in [-0.05, 0) is 42.9 Å². The molecule has 2 rings (SSSR count). The van der Waals surface area contributed by atoms with E-state index in [2.05, 4.69) is 5.32 Å². The van der Waals surface area contributed by atoms with Crippen molar-refractivity contribution in [2.24, 2.45) is 5.41 Å². The molecule has 0 radical (unpaired) electrons. The minimum atomic E-state index is -0.216. The zero-order valence-electron chi connectivity index (χ0n) is 9.88. The van der Waals surface area contributed by atoms with E-state index in [9.17, 15) is 4.79 Å². The monoisotopic (exact) mass is 287 g/mol. The predicted octanol–water partition coefficient (Wildman–Crippen LogP) is 2.89. The average molecular weight is 288 g/mol. The van der Waals surface area contributed by atoms with E-state index in [4.69, 9.17) is 28.3 Å². The minimum absolute atomic E-state index is 0.0927. The van der Waals surface area contributed by atoms with E-state index in [1.807, 2.05) is 0 Å². The van der Waals surface area contributed by atoms with Crippen LogP contribution in [0.15, 0.2) is 18.2 Å². The quantitative estimate of drug-likeness (QED) is 0.875. The lowest BCUT2D eigenvalue weighted by molar-refractivity contribution is 0.0941. The van der Waals surface area contributed by atoms with Gasteiger partial charge in [0, 0.05) is 18.2 Å². The second-order valence-electron chi connectivity index (χ2n) is 4.78. The van der Waals surface area contributed by atoms with E-state index in [1.54, 1.807) is 18.2 Å². The van der Waals surface area contributed by atoms with E-state index in [1.165, 1.54) is 0 Å². The lowest BCUT2D eigenvalue weighted by Gasteiger charge is -2.15. The molecule has 0 heterocycles. The van der Waals surface area contributed by atoms with Crippen LogP contribution in [0.3, 0.4) is 0 Å². The average Bonchev–Trinajstić information content (AvgIpc) is 3.10. The molecular weight excluding hydrogens is 273 g/mol. The molecule has 1 saturated carbocycles. The Balaban J connectivity index is 1.98. The highest BCUT2D eigenvalue weighted by Gasteiger charge is 2.41. The molecule has 98 valence electrons. The van der Waals surface area contributed by atoms with E-state index >= 15 is 0 Å². The standard InChI is InChI=1S/C13H15Cl2NO2/c14-9-1-2-11(15)10(7-9)12(18)16-8-13(3-4-13)5-6-17/h1-2,7,17H,3-6,8H2,(H,16,18). The van der Waals surface area contributed by atoms with E-state index in [-0.39, 0.29) is 17.9 Å². The zero-order chi connectivity index (χ0) is 13.2. The molecule has 1 aromatic rings. The van der Waals surface area contributed by atoms with Gasteiger partial charge in [0.05, 0.1) is 10.6 Å². The van der Waals surface area contributed by atoms with Crippen molar-refractivity contribution in [2.75, 3.05) is 13.2 Å². The topological polar surface area (TPSA) is 49.3 Å². The third kappa shape index (κ3) is 3.16. The number of aliphatic hydroxyl groups is 1. The second kappa shape index (κ2) is 5.47. The van der Waals surface area contributed by atoms with Gasteiger partial charge in [0.25, 0.3) is 5.91 Å². The van der Waals surface area contributed by atoms with E-state index in [0.717, 1.165) is 19.3 Å². The van der Waals surface area contributed by atoms with Crippen LogP contribution in [-0.2, 0) is 0 Å². The molecule has 0 aliphatic heterocycles. The summed E-state index contributed by atoms with van der Waals surface area (Å²) in [4.78, 5) is 12.0. The smallest absolute Gasteiger partial charge is 0.252 e. The van der Waals surface area contributed by atoms with Crippen molar-refractivity contribution in [1.29, 1.82) is 0 Å². The molecule has 5 heteroatoms. The summed E-state index contributed by atoms with van der Waals surface area (Å²) < 4.78 is 0. The summed E-state index contributed by atoms with van der Waals surface area (Å²) in [6.07, 6.45) is 2.84. The molecule has 0 spiro atoms. The highest BCUT2D eigenvalue weighted by atomic mass is 35.5. The van der Waals surface area contributed by atoms with Crippen molar-refractivity contribution < 1.29 is 9.90 Å². The Hall–Kier alpha value is -0.770. The molecule has 1 fully saturated rings. The fourth-order valence-electron chi connectivity index (χ4n) is 1.96. The number of rotatable bonds is 5. The van der Waals surface area contributed by atoms with Crippen LogP contribution in [-0.4, -0.2) is 24.2 Å². The highest BCUT2D eigenvalue weighted by Crippen LogP contribution is 2.47. The van der Waals surface area contributed by atoms with Crippen LogP contribution in [0.5, 0.6) is 0 Å². The zero-order valence-corrected chi connectivity index (χ0v) is 11.4. The van der Waals surface area contributed by atoms with Crippen LogP contribution in [0, 0.1) is 5.41 Å². The largest absolute Gasteiger partial charge is 0.396 e. The molecule has 1 amide bonds. The first kappa shape index (κ1) is 13.7. The molecule has 2 N–H and O–H groups in total.